The zero-order chi connectivity index (χ0) is 20.7. The van der Waals surface area contributed by atoms with E-state index in [1.807, 2.05) is 67.5 Å². The number of carbonyl (C=O) groups is 1. The van der Waals surface area contributed by atoms with E-state index in [1.54, 1.807) is 29.2 Å². The zero-order valence-electron chi connectivity index (χ0n) is 16.6. The Morgan fingerprint density at radius 1 is 1.00 bits per heavy atom. The summed E-state index contributed by atoms with van der Waals surface area (Å²) in [6.45, 7) is 0. The fourth-order valence-electron chi connectivity index (χ4n) is 3.53. The summed E-state index contributed by atoms with van der Waals surface area (Å²) in [6, 6.07) is 19.4. The van der Waals surface area contributed by atoms with Crippen LogP contribution in [0, 0.1) is 0 Å². The molecule has 3 aromatic heterocycles. The number of aromatic amines is 1. The monoisotopic (exact) mass is 396 g/mol. The number of imidazole rings is 1. The molecule has 5 aromatic rings. The molecule has 0 saturated carbocycles. The van der Waals surface area contributed by atoms with E-state index in [9.17, 15) is 4.79 Å². The van der Waals surface area contributed by atoms with Crippen molar-refractivity contribution in [1.82, 2.24) is 19.6 Å². The van der Waals surface area contributed by atoms with E-state index in [4.69, 9.17) is 4.98 Å². The predicted molar refractivity (Wildman–Crippen MR) is 119 cm³/mol. The van der Waals surface area contributed by atoms with Crippen LogP contribution in [0.15, 0.2) is 73.1 Å². The number of aromatic nitrogens is 4. The molecule has 3 heterocycles. The molecule has 0 aliphatic heterocycles. The lowest BCUT2D eigenvalue weighted by Crippen LogP contribution is -2.23. The zero-order valence-corrected chi connectivity index (χ0v) is 16.6. The molecule has 0 fully saturated rings. The van der Waals surface area contributed by atoms with Crippen LogP contribution in [0.1, 0.15) is 10.4 Å². The fourth-order valence-corrected chi connectivity index (χ4v) is 3.53. The molecule has 0 aliphatic carbocycles. The molecule has 7 heteroatoms. The van der Waals surface area contributed by atoms with E-state index in [1.165, 1.54) is 0 Å². The third-order valence-corrected chi connectivity index (χ3v) is 5.11. The van der Waals surface area contributed by atoms with Gasteiger partial charge in [-0.15, -0.1) is 0 Å². The maximum atomic E-state index is 12.9. The van der Waals surface area contributed by atoms with Gasteiger partial charge >= 0.3 is 0 Å². The second kappa shape index (κ2) is 7.04. The Balaban J connectivity index is 1.67. The molecule has 0 atom stereocenters. The van der Waals surface area contributed by atoms with Gasteiger partial charge in [0.25, 0.3) is 5.91 Å². The average Bonchev–Trinajstić information content (AvgIpc) is 3.31. The lowest BCUT2D eigenvalue weighted by molar-refractivity contribution is 0.101. The van der Waals surface area contributed by atoms with Crippen molar-refractivity contribution >= 4 is 33.7 Å². The number of hydrogen-bond donors (Lipinski definition) is 2. The number of hydrogen-bond acceptors (Lipinski definition) is 4. The number of benzene rings is 2. The smallest absolute Gasteiger partial charge is 0.270 e. The second-order valence-corrected chi connectivity index (χ2v) is 7.26. The Kier molecular flexibility index (Phi) is 4.21. The summed E-state index contributed by atoms with van der Waals surface area (Å²) in [7, 11) is 4.00. The minimum Gasteiger partial charge on any atom is -0.378 e. The average molecular weight is 396 g/mol. The third kappa shape index (κ3) is 2.97. The number of nitrogens with one attached hydrogen (secondary N) is 2. The maximum Gasteiger partial charge on any atom is 0.270 e. The van der Waals surface area contributed by atoms with E-state index in [0.717, 1.165) is 33.3 Å². The van der Waals surface area contributed by atoms with Crippen LogP contribution in [0.4, 0.5) is 5.69 Å². The summed E-state index contributed by atoms with van der Waals surface area (Å²) in [4.78, 5) is 27.2. The Morgan fingerprint density at radius 2 is 1.73 bits per heavy atom. The van der Waals surface area contributed by atoms with Crippen LogP contribution in [0.2, 0.25) is 0 Å². The van der Waals surface area contributed by atoms with Crippen LogP contribution >= 0.6 is 0 Å². The summed E-state index contributed by atoms with van der Waals surface area (Å²) >= 11 is 0. The number of anilines is 1. The maximum absolute atomic E-state index is 12.9. The van der Waals surface area contributed by atoms with Crippen LogP contribution in [-0.2, 0) is 0 Å². The van der Waals surface area contributed by atoms with Crippen LogP contribution in [0.3, 0.4) is 0 Å². The van der Waals surface area contributed by atoms with Crippen molar-refractivity contribution in [3.63, 3.8) is 0 Å². The van der Waals surface area contributed by atoms with Crippen molar-refractivity contribution in [3.8, 4) is 11.4 Å². The molecule has 0 spiro atoms. The van der Waals surface area contributed by atoms with Crippen LogP contribution < -0.4 is 10.3 Å². The minimum absolute atomic E-state index is 0.235. The third-order valence-electron chi connectivity index (χ3n) is 5.11. The first kappa shape index (κ1) is 17.9. The van der Waals surface area contributed by atoms with E-state index in [2.05, 4.69) is 15.4 Å². The molecular formula is C23H20N6O. The summed E-state index contributed by atoms with van der Waals surface area (Å²) in [6.07, 6.45) is 3.20. The number of fused-ring (bicyclic) bond motifs is 3. The van der Waals surface area contributed by atoms with Crippen molar-refractivity contribution in [3.05, 3.63) is 78.6 Å². The van der Waals surface area contributed by atoms with Crippen molar-refractivity contribution < 1.29 is 4.79 Å². The van der Waals surface area contributed by atoms with Gasteiger partial charge in [0.1, 0.15) is 5.52 Å². The Bertz CT molecular complexity index is 1350. The van der Waals surface area contributed by atoms with E-state index < -0.39 is 0 Å². The molecule has 148 valence electrons. The minimum atomic E-state index is -0.235. The first-order chi connectivity index (χ1) is 14.6. The van der Waals surface area contributed by atoms with Crippen LogP contribution in [0.25, 0.3) is 33.5 Å². The molecule has 30 heavy (non-hydrogen) atoms. The van der Waals surface area contributed by atoms with Crippen molar-refractivity contribution in [1.29, 1.82) is 0 Å². The fraction of sp³-hybridized carbons (Fsp3) is 0.0870. The van der Waals surface area contributed by atoms with Crippen molar-refractivity contribution in [2.75, 3.05) is 24.4 Å². The van der Waals surface area contributed by atoms with Crippen molar-refractivity contribution in [2.45, 2.75) is 0 Å². The molecule has 0 saturated heterocycles. The van der Waals surface area contributed by atoms with Gasteiger partial charge in [0.15, 0.2) is 11.5 Å². The van der Waals surface area contributed by atoms with Crippen molar-refractivity contribution in [2.24, 2.45) is 0 Å². The summed E-state index contributed by atoms with van der Waals surface area (Å²) in [5, 5.41) is 1.01. The summed E-state index contributed by atoms with van der Waals surface area (Å²) < 4.78 is 1.72. The van der Waals surface area contributed by atoms with Gasteiger partial charge in [0.2, 0.25) is 0 Å². The molecule has 0 radical (unpaired) electrons. The lowest BCUT2D eigenvalue weighted by Gasteiger charge is -2.14. The van der Waals surface area contributed by atoms with Gasteiger partial charge in [0.05, 0.1) is 0 Å². The number of amides is 1. The van der Waals surface area contributed by atoms with Gasteiger partial charge in [-0.05, 0) is 42.5 Å². The molecule has 1 amide bonds. The highest BCUT2D eigenvalue weighted by Crippen LogP contribution is 2.30. The quantitative estimate of drug-likeness (QED) is 0.481. The SMILES string of the molecule is CN(C)c1ccc(-c2nc3c4ccccc4[nH]c3n2NC(=O)c2ccncc2)cc1. The number of para-hydroxylation sites is 1. The largest absolute Gasteiger partial charge is 0.378 e. The molecule has 5 rings (SSSR count). The van der Waals surface area contributed by atoms with Gasteiger partial charge in [-0.3, -0.25) is 15.2 Å². The summed E-state index contributed by atoms with van der Waals surface area (Å²) in [5.41, 5.74) is 8.04. The van der Waals surface area contributed by atoms with Gasteiger partial charge in [-0.2, -0.15) is 0 Å². The highest BCUT2D eigenvalue weighted by molar-refractivity contribution is 6.07. The van der Waals surface area contributed by atoms with E-state index in [-0.39, 0.29) is 5.91 Å². The lowest BCUT2D eigenvalue weighted by atomic mass is 10.2. The Morgan fingerprint density at radius 3 is 2.47 bits per heavy atom. The van der Waals surface area contributed by atoms with Gasteiger partial charge < -0.3 is 9.88 Å². The number of nitrogens with zero attached hydrogens (tertiary/aromatic N) is 4. The highest BCUT2D eigenvalue weighted by Gasteiger charge is 2.19. The standard InChI is InChI=1S/C23H20N6O/c1-28(2)17-9-7-15(8-10-17)21-26-20-18-5-3-4-6-19(18)25-22(20)29(21)27-23(30)16-11-13-24-14-12-16/h3-14,25H,1-2H3,(H,27,30). The van der Waals surface area contributed by atoms with E-state index >= 15 is 0 Å². The number of rotatable bonds is 4. The summed E-state index contributed by atoms with van der Waals surface area (Å²) in [5.74, 6) is 0.427. The number of H-pyrrole nitrogens is 1. The molecule has 7 nitrogen and oxygen atoms in total. The van der Waals surface area contributed by atoms with Gasteiger partial charge in [0, 0.05) is 54.2 Å². The van der Waals surface area contributed by atoms with Crippen LogP contribution in [-0.4, -0.2) is 39.6 Å². The van der Waals surface area contributed by atoms with Crippen LogP contribution in [0.5, 0.6) is 0 Å². The number of pyridine rings is 1. The highest BCUT2D eigenvalue weighted by atomic mass is 16.2. The molecular weight excluding hydrogens is 376 g/mol. The molecule has 0 unspecified atom stereocenters. The first-order valence-corrected chi connectivity index (χ1v) is 9.60. The first-order valence-electron chi connectivity index (χ1n) is 9.60. The Hall–Kier alpha value is -4.13. The van der Waals surface area contributed by atoms with Gasteiger partial charge in [-0.25, -0.2) is 9.66 Å². The molecule has 0 aliphatic rings. The predicted octanol–water partition coefficient (Wildman–Crippen LogP) is 4.03. The molecule has 0 bridgehead atoms. The Labute approximate surface area is 173 Å². The molecule has 2 N–H and O–H groups in total. The normalized spacial score (nSPS) is 11.1. The topological polar surface area (TPSA) is 78.8 Å². The number of carbonyl (C=O) groups excluding carboxylic acids is 1. The van der Waals surface area contributed by atoms with Gasteiger partial charge in [-0.1, -0.05) is 18.2 Å². The van der Waals surface area contributed by atoms with E-state index in [0.29, 0.717) is 11.4 Å². The molecule has 2 aromatic carbocycles. The second-order valence-electron chi connectivity index (χ2n) is 7.26.